The van der Waals surface area contributed by atoms with E-state index in [1.807, 2.05) is 18.2 Å². The molecule has 0 radical (unpaired) electrons. The Morgan fingerprint density at radius 2 is 1.92 bits per heavy atom. The van der Waals surface area contributed by atoms with Gasteiger partial charge in [-0.2, -0.15) is 5.10 Å². The molecular weight excluding hydrogens is 352 g/mol. The van der Waals surface area contributed by atoms with Crippen LogP contribution in [0.3, 0.4) is 0 Å². The van der Waals surface area contributed by atoms with Gasteiger partial charge in [0, 0.05) is 18.4 Å². The Bertz CT molecular complexity index is 1090. The minimum atomic E-state index is -0.487. The predicted octanol–water partition coefficient (Wildman–Crippen LogP) is 4.14. The van der Waals surface area contributed by atoms with Gasteiger partial charge >= 0.3 is 0 Å². The normalized spacial score (nSPS) is 16.8. The molecule has 130 valence electrons. The maximum absolute atomic E-state index is 12.9. The Morgan fingerprint density at radius 3 is 2.65 bits per heavy atom. The number of para-hydroxylation sites is 1. The molecule has 1 atom stereocenters. The second kappa shape index (κ2) is 6.42. The van der Waals surface area contributed by atoms with Gasteiger partial charge in [-0.25, -0.2) is 5.01 Å². The van der Waals surface area contributed by atoms with Crippen molar-refractivity contribution in [3.05, 3.63) is 81.2 Å². The van der Waals surface area contributed by atoms with Crippen LogP contribution < -0.4 is 5.43 Å². The average Bonchev–Trinajstić information content (AvgIpc) is 3.08. The number of nitrogens with zero attached hydrogens (tertiary/aromatic N) is 2. The van der Waals surface area contributed by atoms with Crippen LogP contribution in [0.4, 0.5) is 0 Å². The Morgan fingerprint density at radius 1 is 1.19 bits per heavy atom. The van der Waals surface area contributed by atoms with Crippen molar-refractivity contribution in [3.8, 4) is 0 Å². The molecular formula is C20H15ClN2O3. The third kappa shape index (κ3) is 2.80. The van der Waals surface area contributed by atoms with Crippen LogP contribution in [-0.2, 0) is 4.79 Å². The van der Waals surface area contributed by atoms with Crippen LogP contribution in [0.15, 0.2) is 69.1 Å². The van der Waals surface area contributed by atoms with E-state index in [0.29, 0.717) is 28.0 Å². The zero-order valence-electron chi connectivity index (χ0n) is 14.0. The van der Waals surface area contributed by atoms with Gasteiger partial charge < -0.3 is 4.42 Å². The molecule has 1 aliphatic heterocycles. The van der Waals surface area contributed by atoms with E-state index >= 15 is 0 Å². The van der Waals surface area contributed by atoms with E-state index in [0.717, 1.165) is 11.3 Å². The quantitative estimate of drug-likeness (QED) is 0.684. The van der Waals surface area contributed by atoms with Crippen LogP contribution >= 0.6 is 11.6 Å². The van der Waals surface area contributed by atoms with Crippen LogP contribution in [0.25, 0.3) is 11.0 Å². The van der Waals surface area contributed by atoms with Crippen LogP contribution in [-0.4, -0.2) is 16.6 Å². The van der Waals surface area contributed by atoms with Crippen molar-refractivity contribution in [1.82, 2.24) is 5.01 Å². The molecule has 3 aromatic rings. The van der Waals surface area contributed by atoms with Crippen molar-refractivity contribution in [3.63, 3.8) is 0 Å². The van der Waals surface area contributed by atoms with Gasteiger partial charge in [0.25, 0.3) is 0 Å². The molecule has 4 rings (SSSR count). The first-order valence-corrected chi connectivity index (χ1v) is 8.56. The average molecular weight is 367 g/mol. The number of halogens is 1. The molecule has 6 heteroatoms. The summed E-state index contributed by atoms with van der Waals surface area (Å²) < 4.78 is 5.61. The molecule has 0 fully saturated rings. The van der Waals surface area contributed by atoms with Gasteiger partial charge in [0.1, 0.15) is 11.8 Å². The molecule has 0 saturated heterocycles. The summed E-state index contributed by atoms with van der Waals surface area (Å²) in [5.74, 6) is -0.230. The van der Waals surface area contributed by atoms with Gasteiger partial charge in [-0.05, 0) is 29.8 Å². The van der Waals surface area contributed by atoms with Crippen molar-refractivity contribution in [2.75, 3.05) is 0 Å². The van der Waals surface area contributed by atoms with Crippen LogP contribution in [0.5, 0.6) is 0 Å². The minimum Gasteiger partial charge on any atom is -0.464 e. The Balaban J connectivity index is 1.77. The number of hydrogen-bond acceptors (Lipinski definition) is 4. The van der Waals surface area contributed by atoms with E-state index in [1.54, 1.807) is 30.3 Å². The first-order valence-electron chi connectivity index (χ1n) is 8.18. The fourth-order valence-corrected chi connectivity index (χ4v) is 3.31. The van der Waals surface area contributed by atoms with Gasteiger partial charge in [0.15, 0.2) is 5.43 Å². The van der Waals surface area contributed by atoms with Gasteiger partial charge in [0.2, 0.25) is 5.91 Å². The zero-order chi connectivity index (χ0) is 18.3. The standard InChI is InChI=1S/C20H15ClN2O3/c1-12(24)23-18(10-17(22-23)13-6-8-14(21)9-7-13)16-11-26-19-5-3-2-4-15(19)20(16)25/h2-9,11,18H,10H2,1H3. The Labute approximate surface area is 154 Å². The summed E-state index contributed by atoms with van der Waals surface area (Å²) in [4.78, 5) is 25.0. The number of carbonyl (C=O) groups is 1. The maximum Gasteiger partial charge on any atom is 0.240 e. The second-order valence-corrected chi connectivity index (χ2v) is 6.59. The van der Waals surface area contributed by atoms with Gasteiger partial charge in [-0.1, -0.05) is 35.9 Å². The molecule has 1 amide bonds. The van der Waals surface area contributed by atoms with E-state index < -0.39 is 6.04 Å². The van der Waals surface area contributed by atoms with Crippen LogP contribution in [0.1, 0.15) is 30.5 Å². The molecule has 0 bridgehead atoms. The first kappa shape index (κ1) is 16.5. The SMILES string of the molecule is CC(=O)N1N=C(c2ccc(Cl)cc2)CC1c1coc2ccccc2c1=O. The molecule has 1 aromatic heterocycles. The van der Waals surface area contributed by atoms with Crippen molar-refractivity contribution in [2.24, 2.45) is 5.10 Å². The summed E-state index contributed by atoms with van der Waals surface area (Å²) in [6.07, 6.45) is 1.87. The fourth-order valence-electron chi connectivity index (χ4n) is 3.18. The predicted molar refractivity (Wildman–Crippen MR) is 100 cm³/mol. The third-order valence-corrected chi connectivity index (χ3v) is 4.73. The number of hydrogen-bond donors (Lipinski definition) is 0. The maximum atomic E-state index is 12.9. The number of amides is 1. The molecule has 1 aliphatic rings. The topological polar surface area (TPSA) is 62.9 Å². The smallest absolute Gasteiger partial charge is 0.240 e. The molecule has 0 spiro atoms. The third-order valence-electron chi connectivity index (χ3n) is 4.48. The summed E-state index contributed by atoms with van der Waals surface area (Å²) in [7, 11) is 0. The van der Waals surface area contributed by atoms with Crippen molar-refractivity contribution >= 4 is 34.2 Å². The zero-order valence-corrected chi connectivity index (χ0v) is 14.7. The number of hydrazone groups is 1. The molecule has 26 heavy (non-hydrogen) atoms. The number of carbonyl (C=O) groups excluding carboxylic acids is 1. The molecule has 0 aliphatic carbocycles. The van der Waals surface area contributed by atoms with Crippen LogP contribution in [0, 0.1) is 0 Å². The van der Waals surface area contributed by atoms with E-state index in [4.69, 9.17) is 16.0 Å². The van der Waals surface area contributed by atoms with Crippen LogP contribution in [0.2, 0.25) is 5.02 Å². The van der Waals surface area contributed by atoms with Crippen molar-refractivity contribution in [1.29, 1.82) is 0 Å². The van der Waals surface area contributed by atoms with E-state index in [1.165, 1.54) is 18.2 Å². The monoisotopic (exact) mass is 366 g/mol. The largest absolute Gasteiger partial charge is 0.464 e. The molecule has 2 heterocycles. The van der Waals surface area contributed by atoms with Gasteiger partial charge in [-0.3, -0.25) is 9.59 Å². The number of rotatable bonds is 2. The lowest BCUT2D eigenvalue weighted by Gasteiger charge is -2.19. The highest BCUT2D eigenvalue weighted by molar-refractivity contribution is 6.30. The summed E-state index contributed by atoms with van der Waals surface area (Å²) in [5.41, 5.74) is 2.40. The van der Waals surface area contributed by atoms with E-state index in [9.17, 15) is 9.59 Å². The lowest BCUT2D eigenvalue weighted by atomic mass is 9.98. The molecule has 5 nitrogen and oxygen atoms in total. The summed E-state index contributed by atoms with van der Waals surface area (Å²) in [6, 6.07) is 13.8. The summed E-state index contributed by atoms with van der Waals surface area (Å²) >= 11 is 5.94. The van der Waals surface area contributed by atoms with E-state index in [-0.39, 0.29) is 11.3 Å². The number of fused-ring (bicyclic) bond motifs is 1. The highest BCUT2D eigenvalue weighted by Gasteiger charge is 2.33. The first-order chi connectivity index (χ1) is 12.5. The Kier molecular flexibility index (Phi) is 4.09. The Hall–Kier alpha value is -2.92. The minimum absolute atomic E-state index is 0.143. The highest BCUT2D eigenvalue weighted by Crippen LogP contribution is 2.32. The number of benzene rings is 2. The summed E-state index contributed by atoms with van der Waals surface area (Å²) in [6.45, 7) is 1.43. The van der Waals surface area contributed by atoms with Gasteiger partial charge in [-0.15, -0.1) is 0 Å². The molecule has 2 aromatic carbocycles. The van der Waals surface area contributed by atoms with Gasteiger partial charge in [0.05, 0.1) is 22.7 Å². The molecule has 0 N–H and O–H groups in total. The highest BCUT2D eigenvalue weighted by atomic mass is 35.5. The summed E-state index contributed by atoms with van der Waals surface area (Å²) in [5, 5.41) is 6.92. The van der Waals surface area contributed by atoms with E-state index in [2.05, 4.69) is 5.10 Å². The molecule has 0 saturated carbocycles. The molecule has 1 unspecified atom stereocenters. The van der Waals surface area contributed by atoms with Crippen molar-refractivity contribution in [2.45, 2.75) is 19.4 Å². The second-order valence-electron chi connectivity index (χ2n) is 6.15. The fraction of sp³-hybridized carbons (Fsp3) is 0.150. The van der Waals surface area contributed by atoms with Crippen molar-refractivity contribution < 1.29 is 9.21 Å². The lowest BCUT2D eigenvalue weighted by Crippen LogP contribution is -2.28. The lowest BCUT2D eigenvalue weighted by molar-refractivity contribution is -0.130.